The van der Waals surface area contributed by atoms with Crippen molar-refractivity contribution in [1.82, 2.24) is 4.90 Å². The Balaban J connectivity index is 1.56. The van der Waals surface area contributed by atoms with E-state index in [9.17, 15) is 4.79 Å². The number of nitrogens with zero attached hydrogens (tertiary/aromatic N) is 1. The van der Waals surface area contributed by atoms with E-state index in [4.69, 9.17) is 9.47 Å². The van der Waals surface area contributed by atoms with Gasteiger partial charge in [-0.1, -0.05) is 28.1 Å². The summed E-state index contributed by atoms with van der Waals surface area (Å²) in [6.07, 6.45) is 0. The average Bonchev–Trinajstić information content (AvgIpc) is 2.66. The molecule has 0 bridgehead atoms. The Kier molecular flexibility index (Phi) is 6.52. The van der Waals surface area contributed by atoms with Gasteiger partial charge in [-0.15, -0.1) is 0 Å². The lowest BCUT2D eigenvalue weighted by molar-refractivity contribution is -0.128. The van der Waals surface area contributed by atoms with Crippen molar-refractivity contribution in [2.24, 2.45) is 0 Å². The second-order valence-electron chi connectivity index (χ2n) is 7.11. The van der Waals surface area contributed by atoms with Gasteiger partial charge >= 0.3 is 0 Å². The van der Waals surface area contributed by atoms with Crippen LogP contribution < -0.4 is 10.1 Å². The Morgan fingerprint density at radius 2 is 1.74 bits per heavy atom. The highest BCUT2D eigenvalue weighted by Gasteiger charge is 2.30. The number of morpholine rings is 1. The molecule has 0 aliphatic carbocycles. The lowest BCUT2D eigenvalue weighted by Crippen LogP contribution is -2.42. The minimum atomic E-state index is -0.986. The van der Waals surface area contributed by atoms with Crippen LogP contribution >= 0.6 is 15.9 Å². The summed E-state index contributed by atoms with van der Waals surface area (Å²) in [5.74, 6) is 0.463. The van der Waals surface area contributed by atoms with Crippen LogP contribution in [0.25, 0.3) is 0 Å². The second kappa shape index (κ2) is 8.87. The maximum Gasteiger partial charge on any atom is 0.267 e. The summed E-state index contributed by atoms with van der Waals surface area (Å²) in [5, 5.41) is 2.94. The average molecular weight is 433 g/mol. The maximum absolute atomic E-state index is 12.6. The molecule has 1 fully saturated rings. The van der Waals surface area contributed by atoms with Gasteiger partial charge in [-0.05, 0) is 55.8 Å². The van der Waals surface area contributed by atoms with Gasteiger partial charge in [0, 0.05) is 29.8 Å². The number of hydrogen-bond donors (Lipinski definition) is 1. The van der Waals surface area contributed by atoms with E-state index < -0.39 is 5.60 Å². The first-order valence-electron chi connectivity index (χ1n) is 9.07. The number of halogens is 1. The van der Waals surface area contributed by atoms with E-state index in [1.54, 1.807) is 13.8 Å². The summed E-state index contributed by atoms with van der Waals surface area (Å²) in [6.45, 7) is 7.92. The Morgan fingerprint density at radius 3 is 2.37 bits per heavy atom. The van der Waals surface area contributed by atoms with Crippen molar-refractivity contribution >= 4 is 27.5 Å². The summed E-state index contributed by atoms with van der Waals surface area (Å²) < 4.78 is 12.2. The highest BCUT2D eigenvalue weighted by atomic mass is 79.9. The molecule has 0 unspecified atom stereocenters. The van der Waals surface area contributed by atoms with E-state index in [0.717, 1.165) is 43.0 Å². The van der Waals surface area contributed by atoms with Crippen molar-refractivity contribution in [3.05, 3.63) is 58.6 Å². The zero-order chi connectivity index (χ0) is 19.3. The van der Waals surface area contributed by atoms with Gasteiger partial charge in [0.15, 0.2) is 5.60 Å². The molecule has 2 aromatic rings. The quantitative estimate of drug-likeness (QED) is 0.746. The van der Waals surface area contributed by atoms with Crippen LogP contribution in [0.3, 0.4) is 0 Å². The zero-order valence-electron chi connectivity index (χ0n) is 15.7. The molecule has 1 aliphatic heterocycles. The van der Waals surface area contributed by atoms with Crippen LogP contribution in [0.4, 0.5) is 5.69 Å². The molecule has 27 heavy (non-hydrogen) atoms. The minimum absolute atomic E-state index is 0.189. The van der Waals surface area contributed by atoms with E-state index in [2.05, 4.69) is 26.1 Å². The molecular formula is C21H25BrN2O3. The molecular weight excluding hydrogens is 408 g/mol. The highest BCUT2D eigenvalue weighted by molar-refractivity contribution is 9.10. The van der Waals surface area contributed by atoms with Gasteiger partial charge in [-0.2, -0.15) is 0 Å². The third-order valence-electron chi connectivity index (χ3n) is 4.46. The topological polar surface area (TPSA) is 50.8 Å². The number of carbonyl (C=O) groups excluding carboxylic acids is 1. The molecule has 0 atom stereocenters. The SMILES string of the molecule is CC(C)(Oc1ccc(Br)cc1)C(=O)Nc1ccc(CN2CCOCC2)cc1. The Hall–Kier alpha value is -1.89. The highest BCUT2D eigenvalue weighted by Crippen LogP contribution is 2.22. The molecule has 0 spiro atoms. The largest absolute Gasteiger partial charge is 0.478 e. The normalized spacial score (nSPS) is 15.4. The van der Waals surface area contributed by atoms with Gasteiger partial charge in [-0.25, -0.2) is 0 Å². The van der Waals surface area contributed by atoms with E-state index in [1.807, 2.05) is 48.5 Å². The van der Waals surface area contributed by atoms with E-state index >= 15 is 0 Å². The molecule has 1 heterocycles. The molecule has 5 nitrogen and oxygen atoms in total. The van der Waals surface area contributed by atoms with Gasteiger partial charge < -0.3 is 14.8 Å². The molecule has 0 aromatic heterocycles. The fourth-order valence-corrected chi connectivity index (χ4v) is 3.10. The molecule has 0 saturated carbocycles. The van der Waals surface area contributed by atoms with Gasteiger partial charge in [-0.3, -0.25) is 9.69 Å². The molecule has 144 valence electrons. The van der Waals surface area contributed by atoms with Crippen molar-refractivity contribution in [2.75, 3.05) is 31.6 Å². The van der Waals surface area contributed by atoms with Crippen molar-refractivity contribution in [3.63, 3.8) is 0 Å². The van der Waals surface area contributed by atoms with Crippen LogP contribution in [0, 0.1) is 0 Å². The van der Waals surface area contributed by atoms with Crippen LogP contribution in [0.1, 0.15) is 19.4 Å². The number of ether oxygens (including phenoxy) is 2. The standard InChI is InChI=1S/C21H25BrN2O3/c1-21(2,27-19-9-5-17(22)6-10-19)20(25)23-18-7-3-16(4-8-18)15-24-11-13-26-14-12-24/h3-10H,11-15H2,1-2H3,(H,23,25). The van der Waals surface area contributed by atoms with Crippen LogP contribution in [0.2, 0.25) is 0 Å². The van der Waals surface area contributed by atoms with E-state index in [0.29, 0.717) is 5.75 Å². The predicted molar refractivity (Wildman–Crippen MR) is 110 cm³/mol. The Labute approximate surface area is 168 Å². The number of carbonyl (C=O) groups is 1. The van der Waals surface area contributed by atoms with Gasteiger partial charge in [0.2, 0.25) is 0 Å². The number of rotatable bonds is 6. The molecule has 2 aromatic carbocycles. The lowest BCUT2D eigenvalue weighted by atomic mass is 10.1. The third-order valence-corrected chi connectivity index (χ3v) is 4.98. The summed E-state index contributed by atoms with van der Waals surface area (Å²) in [7, 11) is 0. The monoisotopic (exact) mass is 432 g/mol. The summed E-state index contributed by atoms with van der Waals surface area (Å²) >= 11 is 3.39. The molecule has 1 aliphatic rings. The molecule has 0 radical (unpaired) electrons. The second-order valence-corrected chi connectivity index (χ2v) is 8.02. The molecule has 1 amide bonds. The summed E-state index contributed by atoms with van der Waals surface area (Å²) in [4.78, 5) is 15.0. The fraction of sp³-hybridized carbons (Fsp3) is 0.381. The Bertz CT molecular complexity index is 754. The van der Waals surface area contributed by atoms with E-state index in [1.165, 1.54) is 5.56 Å². The van der Waals surface area contributed by atoms with Crippen molar-refractivity contribution < 1.29 is 14.3 Å². The lowest BCUT2D eigenvalue weighted by Gasteiger charge is -2.27. The van der Waals surface area contributed by atoms with Crippen LogP contribution in [0.5, 0.6) is 5.75 Å². The van der Waals surface area contributed by atoms with Crippen LogP contribution in [0.15, 0.2) is 53.0 Å². The fourth-order valence-electron chi connectivity index (χ4n) is 2.84. The zero-order valence-corrected chi connectivity index (χ0v) is 17.3. The Morgan fingerprint density at radius 1 is 1.11 bits per heavy atom. The first-order chi connectivity index (χ1) is 12.9. The molecule has 3 rings (SSSR count). The first-order valence-corrected chi connectivity index (χ1v) is 9.87. The maximum atomic E-state index is 12.6. The smallest absolute Gasteiger partial charge is 0.267 e. The van der Waals surface area contributed by atoms with E-state index in [-0.39, 0.29) is 5.91 Å². The molecule has 1 N–H and O–H groups in total. The van der Waals surface area contributed by atoms with Gasteiger partial charge in [0.25, 0.3) is 5.91 Å². The van der Waals surface area contributed by atoms with Crippen molar-refractivity contribution in [3.8, 4) is 5.75 Å². The number of hydrogen-bond acceptors (Lipinski definition) is 4. The molecule has 1 saturated heterocycles. The number of nitrogens with one attached hydrogen (secondary N) is 1. The van der Waals surface area contributed by atoms with Crippen molar-refractivity contribution in [2.45, 2.75) is 26.0 Å². The first kappa shape index (κ1) is 19.9. The van der Waals surface area contributed by atoms with Gasteiger partial charge in [0.05, 0.1) is 13.2 Å². The number of amides is 1. The summed E-state index contributed by atoms with van der Waals surface area (Å²) in [6, 6.07) is 15.4. The van der Waals surface area contributed by atoms with Crippen LogP contribution in [-0.2, 0) is 16.1 Å². The number of benzene rings is 2. The predicted octanol–water partition coefficient (Wildman–Crippen LogP) is 4.08. The van der Waals surface area contributed by atoms with Crippen molar-refractivity contribution in [1.29, 1.82) is 0 Å². The third kappa shape index (κ3) is 5.79. The van der Waals surface area contributed by atoms with Gasteiger partial charge in [0.1, 0.15) is 5.75 Å². The minimum Gasteiger partial charge on any atom is -0.478 e. The summed E-state index contributed by atoms with van der Waals surface area (Å²) in [5.41, 5.74) is 0.999. The number of anilines is 1. The van der Waals surface area contributed by atoms with Crippen LogP contribution in [-0.4, -0.2) is 42.7 Å². The molecule has 6 heteroatoms.